The van der Waals surface area contributed by atoms with E-state index in [-0.39, 0.29) is 23.7 Å². The molecule has 5 atom stereocenters. The Morgan fingerprint density at radius 3 is 2.37 bits per heavy atom. The number of aromatic nitrogens is 2. The van der Waals surface area contributed by atoms with Crippen LogP contribution in [0.5, 0.6) is 0 Å². The molecule has 1 N–H and O–H groups in total. The van der Waals surface area contributed by atoms with Gasteiger partial charge in [0, 0.05) is 29.7 Å². The van der Waals surface area contributed by atoms with Crippen molar-refractivity contribution in [2.75, 3.05) is 0 Å². The van der Waals surface area contributed by atoms with Gasteiger partial charge in [0.2, 0.25) is 0 Å². The van der Waals surface area contributed by atoms with E-state index >= 15 is 0 Å². The van der Waals surface area contributed by atoms with E-state index in [9.17, 15) is 9.59 Å². The molecule has 3 aromatic rings. The summed E-state index contributed by atoms with van der Waals surface area (Å²) in [7, 11) is 1.85. The van der Waals surface area contributed by atoms with Gasteiger partial charge in [-0.3, -0.25) is 13.9 Å². The predicted octanol–water partition coefficient (Wildman–Crippen LogP) is 4.40. The van der Waals surface area contributed by atoms with E-state index in [0.717, 1.165) is 30.3 Å². The average Bonchev–Trinajstić information content (AvgIpc) is 3.11. The Morgan fingerprint density at radius 1 is 1.10 bits per heavy atom. The number of fused-ring (bicyclic) bond motifs is 2. The van der Waals surface area contributed by atoms with Crippen molar-refractivity contribution >= 4 is 28.5 Å². The van der Waals surface area contributed by atoms with Gasteiger partial charge < -0.3 is 5.32 Å². The summed E-state index contributed by atoms with van der Waals surface area (Å²) >= 11 is 5.93. The lowest BCUT2D eigenvalue weighted by atomic mass is 9.98. The molecule has 2 fully saturated rings. The summed E-state index contributed by atoms with van der Waals surface area (Å²) in [5, 5.41) is 3.87. The van der Waals surface area contributed by atoms with Crippen molar-refractivity contribution in [2.24, 2.45) is 24.8 Å². The summed E-state index contributed by atoms with van der Waals surface area (Å²) in [6.45, 7) is 2.13. The largest absolute Gasteiger partial charge is 0.349 e. The first kappa shape index (κ1) is 19.4. The molecule has 5 nitrogen and oxygen atoms in total. The lowest BCUT2D eigenvalue weighted by Crippen LogP contribution is -2.37. The van der Waals surface area contributed by atoms with Gasteiger partial charge in [-0.2, -0.15) is 0 Å². The van der Waals surface area contributed by atoms with Crippen LogP contribution in [0, 0.1) is 17.8 Å². The van der Waals surface area contributed by atoms with Crippen LogP contribution in [-0.4, -0.2) is 21.1 Å². The fraction of sp³-hybridized carbons (Fsp3) is 0.417. The van der Waals surface area contributed by atoms with Crippen molar-refractivity contribution in [1.82, 2.24) is 14.5 Å². The number of amides is 1. The van der Waals surface area contributed by atoms with Crippen LogP contribution in [0.1, 0.15) is 42.6 Å². The summed E-state index contributed by atoms with van der Waals surface area (Å²) in [5.74, 6) is 1.63. The molecule has 0 aliphatic heterocycles. The highest BCUT2D eigenvalue weighted by Gasteiger charge is 2.59. The molecule has 2 aliphatic carbocycles. The summed E-state index contributed by atoms with van der Waals surface area (Å²) in [5.41, 5.74) is 2.73. The number of benzene rings is 2. The van der Waals surface area contributed by atoms with E-state index in [1.807, 2.05) is 35.9 Å². The van der Waals surface area contributed by atoms with Crippen molar-refractivity contribution in [3.8, 4) is 0 Å². The van der Waals surface area contributed by atoms with Crippen LogP contribution in [0.3, 0.4) is 0 Å². The zero-order chi connectivity index (χ0) is 21.0. The predicted molar refractivity (Wildman–Crippen MR) is 119 cm³/mol. The van der Waals surface area contributed by atoms with E-state index in [0.29, 0.717) is 28.3 Å². The van der Waals surface area contributed by atoms with E-state index in [2.05, 4.69) is 12.2 Å². The number of nitrogens with one attached hydrogen (secondary N) is 1. The Morgan fingerprint density at radius 2 is 1.73 bits per heavy atom. The van der Waals surface area contributed by atoms with E-state index in [1.165, 1.54) is 0 Å². The normalized spacial score (nSPS) is 25.8. The van der Waals surface area contributed by atoms with Gasteiger partial charge in [-0.1, -0.05) is 30.7 Å². The van der Waals surface area contributed by atoms with Gasteiger partial charge in [-0.25, -0.2) is 4.79 Å². The molecule has 30 heavy (non-hydrogen) atoms. The van der Waals surface area contributed by atoms with Crippen molar-refractivity contribution in [1.29, 1.82) is 0 Å². The third kappa shape index (κ3) is 3.07. The Kier molecular flexibility index (Phi) is 4.73. The van der Waals surface area contributed by atoms with Gasteiger partial charge in [0.1, 0.15) is 0 Å². The lowest BCUT2D eigenvalue weighted by molar-refractivity contribution is 0.0927. The van der Waals surface area contributed by atoms with Gasteiger partial charge in [0.15, 0.2) is 0 Å². The fourth-order valence-corrected chi connectivity index (χ4v) is 5.79. The van der Waals surface area contributed by atoms with Crippen LogP contribution in [0.4, 0.5) is 0 Å². The summed E-state index contributed by atoms with van der Waals surface area (Å²) in [4.78, 5) is 25.5. The van der Waals surface area contributed by atoms with Crippen LogP contribution >= 0.6 is 11.6 Å². The second-order valence-corrected chi connectivity index (χ2v) is 9.16. The minimum Gasteiger partial charge on any atom is -0.349 e. The van der Waals surface area contributed by atoms with Crippen molar-refractivity contribution in [2.45, 2.75) is 38.3 Å². The van der Waals surface area contributed by atoms with Crippen molar-refractivity contribution in [3.63, 3.8) is 0 Å². The molecule has 0 saturated heterocycles. The molecule has 2 saturated carbocycles. The highest BCUT2D eigenvalue weighted by Crippen LogP contribution is 2.62. The summed E-state index contributed by atoms with van der Waals surface area (Å²) < 4.78 is 3.74. The number of hydrogen-bond acceptors (Lipinski definition) is 2. The molecule has 1 aromatic heterocycles. The Bertz CT molecular complexity index is 1150. The highest BCUT2D eigenvalue weighted by atomic mass is 35.5. The monoisotopic (exact) mass is 423 g/mol. The topological polar surface area (TPSA) is 56.0 Å². The third-order valence-corrected chi connectivity index (χ3v) is 7.43. The Hall–Kier alpha value is -2.53. The molecule has 0 bridgehead atoms. The molecule has 0 spiro atoms. The van der Waals surface area contributed by atoms with Crippen LogP contribution in [-0.2, 0) is 7.05 Å². The first-order valence-electron chi connectivity index (χ1n) is 10.7. The number of aryl methyl sites for hydroxylation is 1. The molecule has 2 aliphatic rings. The molecule has 1 heterocycles. The summed E-state index contributed by atoms with van der Waals surface area (Å²) in [6.07, 6.45) is 2.93. The van der Waals surface area contributed by atoms with Crippen LogP contribution in [0.2, 0.25) is 5.02 Å². The first-order chi connectivity index (χ1) is 14.5. The molecule has 5 rings (SSSR count). The molecular weight excluding hydrogens is 398 g/mol. The van der Waals surface area contributed by atoms with Crippen LogP contribution in [0.25, 0.3) is 11.0 Å². The van der Waals surface area contributed by atoms with Crippen LogP contribution < -0.4 is 11.0 Å². The molecular formula is C24H26ClN3O2. The van der Waals surface area contributed by atoms with E-state index < -0.39 is 0 Å². The van der Waals surface area contributed by atoms with Gasteiger partial charge >= 0.3 is 5.69 Å². The maximum absolute atomic E-state index is 12.9. The first-order valence-corrected chi connectivity index (χ1v) is 11.1. The van der Waals surface area contributed by atoms with E-state index in [4.69, 9.17) is 11.6 Å². The Balaban J connectivity index is 1.29. The number of carbonyl (C=O) groups is 1. The van der Waals surface area contributed by atoms with E-state index in [1.54, 1.807) is 28.8 Å². The average molecular weight is 424 g/mol. The van der Waals surface area contributed by atoms with Gasteiger partial charge in [-0.15, -0.1) is 0 Å². The SMILES string of the molecule is CCC(NC(=O)c1ccc(Cl)cc1)C1[C@H]2CC(n3c(=O)n(C)c4ccccc43)C[C@@H]12. The number of para-hydroxylation sites is 2. The molecule has 6 heteroatoms. The summed E-state index contributed by atoms with van der Waals surface area (Å²) in [6, 6.07) is 15.5. The number of rotatable bonds is 5. The Labute approximate surface area is 180 Å². The fourth-order valence-electron chi connectivity index (χ4n) is 5.67. The zero-order valence-electron chi connectivity index (χ0n) is 17.2. The second-order valence-electron chi connectivity index (χ2n) is 8.73. The lowest BCUT2D eigenvalue weighted by Gasteiger charge is -2.22. The van der Waals surface area contributed by atoms with Gasteiger partial charge in [0.05, 0.1) is 11.0 Å². The number of nitrogens with zero attached hydrogens (tertiary/aromatic N) is 2. The minimum atomic E-state index is -0.0367. The smallest absolute Gasteiger partial charge is 0.329 e. The molecule has 3 unspecified atom stereocenters. The van der Waals surface area contributed by atoms with Gasteiger partial charge in [-0.05, 0) is 73.4 Å². The standard InChI is InChI=1S/C24H26ClN3O2/c1-3-19(26-23(29)14-8-10-15(25)11-9-14)22-17-12-16(13-18(17)22)28-21-7-5-4-6-20(21)27(2)24(28)30/h4-11,16-19,22H,3,12-13H2,1-2H3,(H,26,29)/t16?,17-,18+,19?,22?. The number of halogens is 1. The molecule has 156 valence electrons. The zero-order valence-corrected chi connectivity index (χ0v) is 18.0. The third-order valence-electron chi connectivity index (χ3n) is 7.17. The number of hydrogen-bond donors (Lipinski definition) is 1. The highest BCUT2D eigenvalue weighted by molar-refractivity contribution is 6.30. The van der Waals surface area contributed by atoms with Gasteiger partial charge in [0.25, 0.3) is 5.91 Å². The molecule has 2 aromatic carbocycles. The maximum Gasteiger partial charge on any atom is 0.329 e. The second kappa shape index (κ2) is 7.31. The molecule has 0 radical (unpaired) electrons. The number of imidazole rings is 1. The molecule has 1 amide bonds. The quantitative estimate of drug-likeness (QED) is 0.661. The van der Waals surface area contributed by atoms with Crippen LogP contribution in [0.15, 0.2) is 53.3 Å². The van der Waals surface area contributed by atoms with Crippen molar-refractivity contribution < 1.29 is 4.79 Å². The number of carbonyl (C=O) groups excluding carboxylic acids is 1. The minimum absolute atomic E-state index is 0.0367. The van der Waals surface area contributed by atoms with Crippen molar-refractivity contribution in [3.05, 3.63) is 69.6 Å². The maximum atomic E-state index is 12.9.